The van der Waals surface area contributed by atoms with Gasteiger partial charge in [-0.3, -0.25) is 10.1 Å². The van der Waals surface area contributed by atoms with Crippen LogP contribution < -0.4 is 10.9 Å². The predicted molar refractivity (Wildman–Crippen MR) is 68.5 cm³/mol. The molecule has 98 valence electrons. The zero-order valence-electron chi connectivity index (χ0n) is 9.61. The van der Waals surface area contributed by atoms with E-state index in [-0.39, 0.29) is 16.5 Å². The molecule has 0 aliphatic rings. The van der Waals surface area contributed by atoms with E-state index < -0.39 is 16.8 Å². The summed E-state index contributed by atoms with van der Waals surface area (Å²) in [4.78, 5) is 34.4. The molecule has 1 heterocycles. The molecule has 1 N–H and O–H groups in total. The van der Waals surface area contributed by atoms with Crippen LogP contribution in [0.15, 0.2) is 15.3 Å². The molecule has 0 saturated heterocycles. The van der Waals surface area contributed by atoms with Gasteiger partial charge in [-0.2, -0.15) is 0 Å². The van der Waals surface area contributed by atoms with Crippen molar-refractivity contribution in [3.05, 3.63) is 27.3 Å². The quantitative estimate of drug-likeness (QED) is 0.920. The monoisotopic (exact) mass is 291 g/mol. The lowest BCUT2D eigenvalue weighted by atomic mass is 10.2. The van der Waals surface area contributed by atoms with E-state index in [0.717, 1.165) is 18.9 Å². The van der Waals surface area contributed by atoms with Gasteiger partial charge in [-0.15, -0.1) is 0 Å². The Kier molecular flexibility index (Phi) is 5.24. The van der Waals surface area contributed by atoms with Crippen LogP contribution in [0.3, 0.4) is 0 Å². The zero-order valence-corrected chi connectivity index (χ0v) is 11.2. The Hall–Kier alpha value is -1.47. The SMILES string of the molecule is CCSC(=O)c1c(NC(=O)OC)cc(Cl)oc1=O. The number of carbonyl (C=O) groups excluding carboxylic acids is 2. The van der Waals surface area contributed by atoms with Crippen molar-refractivity contribution < 1.29 is 18.7 Å². The fourth-order valence-corrected chi connectivity index (χ4v) is 1.90. The summed E-state index contributed by atoms with van der Waals surface area (Å²) >= 11 is 6.47. The Labute approximate surface area is 112 Å². The number of anilines is 1. The van der Waals surface area contributed by atoms with Gasteiger partial charge in [0.25, 0.3) is 0 Å². The van der Waals surface area contributed by atoms with E-state index in [1.807, 2.05) is 0 Å². The Balaban J connectivity index is 3.25. The zero-order chi connectivity index (χ0) is 13.7. The Morgan fingerprint density at radius 2 is 2.22 bits per heavy atom. The first-order valence-corrected chi connectivity index (χ1v) is 6.21. The first kappa shape index (κ1) is 14.6. The van der Waals surface area contributed by atoms with E-state index in [1.165, 1.54) is 6.07 Å². The number of ether oxygens (including phenoxy) is 1. The molecule has 0 saturated carbocycles. The average Bonchev–Trinajstić information content (AvgIpc) is 2.28. The maximum atomic E-state index is 11.7. The first-order valence-electron chi connectivity index (χ1n) is 4.85. The molecule has 8 heteroatoms. The molecule has 0 spiro atoms. The van der Waals surface area contributed by atoms with E-state index in [0.29, 0.717) is 5.75 Å². The van der Waals surface area contributed by atoms with Crippen LogP contribution in [0, 0.1) is 0 Å². The largest absolute Gasteiger partial charge is 0.453 e. The first-order chi connectivity index (χ1) is 8.49. The highest BCUT2D eigenvalue weighted by molar-refractivity contribution is 8.14. The van der Waals surface area contributed by atoms with Crippen LogP contribution in [0.1, 0.15) is 17.3 Å². The van der Waals surface area contributed by atoms with Crippen LogP contribution in [-0.4, -0.2) is 24.1 Å². The number of rotatable bonds is 3. The summed E-state index contributed by atoms with van der Waals surface area (Å²) in [5.74, 6) is 0.485. The van der Waals surface area contributed by atoms with Crippen LogP contribution in [0.25, 0.3) is 0 Å². The highest BCUT2D eigenvalue weighted by atomic mass is 35.5. The van der Waals surface area contributed by atoms with Gasteiger partial charge >= 0.3 is 11.7 Å². The molecule has 0 atom stereocenters. The van der Waals surface area contributed by atoms with Crippen LogP contribution in [0.2, 0.25) is 5.22 Å². The second-order valence-corrected chi connectivity index (χ2v) is 4.57. The summed E-state index contributed by atoms with van der Waals surface area (Å²) in [6.07, 6.45) is -0.813. The summed E-state index contributed by atoms with van der Waals surface area (Å²) in [5.41, 5.74) is -1.20. The minimum atomic E-state index is -0.903. The number of hydrogen-bond donors (Lipinski definition) is 1. The Bertz CT molecular complexity index is 527. The highest BCUT2D eigenvalue weighted by Gasteiger charge is 2.20. The van der Waals surface area contributed by atoms with E-state index >= 15 is 0 Å². The minimum Gasteiger partial charge on any atom is -0.453 e. The Morgan fingerprint density at radius 1 is 1.56 bits per heavy atom. The van der Waals surface area contributed by atoms with Crippen molar-refractivity contribution in [3.8, 4) is 0 Å². The molecule has 1 amide bonds. The summed E-state index contributed by atoms with van der Waals surface area (Å²) in [7, 11) is 1.16. The molecule has 0 aromatic carbocycles. The second-order valence-electron chi connectivity index (χ2n) is 2.96. The third-order valence-corrected chi connectivity index (χ3v) is 2.76. The van der Waals surface area contributed by atoms with Gasteiger partial charge in [-0.05, 0) is 17.4 Å². The maximum Gasteiger partial charge on any atom is 0.411 e. The van der Waals surface area contributed by atoms with Crippen LogP contribution >= 0.6 is 23.4 Å². The molecule has 1 aromatic rings. The van der Waals surface area contributed by atoms with Gasteiger partial charge < -0.3 is 9.15 Å². The van der Waals surface area contributed by atoms with Gasteiger partial charge in [0.2, 0.25) is 5.12 Å². The number of nitrogens with one attached hydrogen (secondary N) is 1. The lowest BCUT2D eigenvalue weighted by Gasteiger charge is -2.07. The molecule has 0 aliphatic carbocycles. The molecule has 0 radical (unpaired) electrons. The standard InChI is InChI=1S/C10H10ClNO5S/c1-3-18-9(14)7-5(12-10(15)16-2)4-6(11)17-8(7)13/h4H,3H2,1-2H3,(H,12,15). The fraction of sp³-hybridized carbons (Fsp3) is 0.300. The molecule has 0 aliphatic heterocycles. The number of methoxy groups -OCH3 is 1. The van der Waals surface area contributed by atoms with Crippen LogP contribution in [0.4, 0.5) is 10.5 Å². The van der Waals surface area contributed by atoms with Gasteiger partial charge in [0.1, 0.15) is 5.56 Å². The number of halogens is 1. The van der Waals surface area contributed by atoms with Gasteiger partial charge in [-0.1, -0.05) is 18.7 Å². The lowest BCUT2D eigenvalue weighted by Crippen LogP contribution is -2.19. The molecule has 0 bridgehead atoms. The molecule has 1 aromatic heterocycles. The number of thioether (sulfide) groups is 1. The van der Waals surface area contributed by atoms with Crippen molar-refractivity contribution in [2.45, 2.75) is 6.92 Å². The van der Waals surface area contributed by atoms with E-state index in [9.17, 15) is 14.4 Å². The molecule has 1 rings (SSSR count). The van der Waals surface area contributed by atoms with Crippen LogP contribution in [0.5, 0.6) is 0 Å². The minimum absolute atomic E-state index is 0.0333. The molecular weight excluding hydrogens is 282 g/mol. The summed E-state index contributed by atoms with van der Waals surface area (Å²) in [5, 5.41) is 1.50. The predicted octanol–water partition coefficient (Wildman–Crippen LogP) is 2.36. The Morgan fingerprint density at radius 3 is 2.78 bits per heavy atom. The van der Waals surface area contributed by atoms with Crippen molar-refractivity contribution >= 4 is 40.3 Å². The summed E-state index contributed by atoms with van der Waals surface area (Å²) < 4.78 is 9.00. The molecule has 6 nitrogen and oxygen atoms in total. The summed E-state index contributed by atoms with van der Waals surface area (Å²) in [6.45, 7) is 1.76. The smallest absolute Gasteiger partial charge is 0.411 e. The molecule has 18 heavy (non-hydrogen) atoms. The van der Waals surface area contributed by atoms with Crippen LogP contribution in [-0.2, 0) is 4.74 Å². The van der Waals surface area contributed by atoms with Crippen molar-refractivity contribution in [2.24, 2.45) is 0 Å². The normalized spacial score (nSPS) is 9.94. The number of amides is 1. The van der Waals surface area contributed by atoms with E-state index in [2.05, 4.69) is 14.5 Å². The topological polar surface area (TPSA) is 85.6 Å². The van der Waals surface area contributed by atoms with Crippen molar-refractivity contribution in [1.29, 1.82) is 0 Å². The van der Waals surface area contributed by atoms with Gasteiger partial charge in [0.15, 0.2) is 5.22 Å². The fourth-order valence-electron chi connectivity index (χ4n) is 1.12. The highest BCUT2D eigenvalue weighted by Crippen LogP contribution is 2.21. The molecule has 0 unspecified atom stereocenters. The van der Waals surface area contributed by atoms with Gasteiger partial charge in [0.05, 0.1) is 12.8 Å². The van der Waals surface area contributed by atoms with Crippen molar-refractivity contribution in [3.63, 3.8) is 0 Å². The van der Waals surface area contributed by atoms with E-state index in [4.69, 9.17) is 11.6 Å². The third-order valence-electron chi connectivity index (χ3n) is 1.82. The van der Waals surface area contributed by atoms with E-state index in [1.54, 1.807) is 6.92 Å². The lowest BCUT2D eigenvalue weighted by molar-refractivity contribution is 0.108. The maximum absolute atomic E-state index is 11.7. The third kappa shape index (κ3) is 3.51. The number of hydrogen-bond acceptors (Lipinski definition) is 6. The molecular formula is C10H10ClNO5S. The van der Waals surface area contributed by atoms with Gasteiger partial charge in [-0.25, -0.2) is 9.59 Å². The van der Waals surface area contributed by atoms with Crippen molar-refractivity contribution in [2.75, 3.05) is 18.2 Å². The summed E-state index contributed by atoms with van der Waals surface area (Å²) in [6, 6.07) is 1.17. The van der Waals surface area contributed by atoms with Gasteiger partial charge in [0, 0.05) is 6.07 Å². The van der Waals surface area contributed by atoms with Crippen molar-refractivity contribution in [1.82, 2.24) is 0 Å². The number of carbonyl (C=O) groups is 2. The average molecular weight is 292 g/mol. The molecule has 0 fully saturated rings. The second kappa shape index (κ2) is 6.46.